The molecule has 1 aliphatic carbocycles. The van der Waals surface area contributed by atoms with Crippen LogP contribution in [0.15, 0.2) is 18.2 Å². The van der Waals surface area contributed by atoms with Crippen LogP contribution in [-0.4, -0.2) is 53.1 Å². The van der Waals surface area contributed by atoms with E-state index in [0.29, 0.717) is 26.1 Å². The molecule has 1 aromatic carbocycles. The SMILES string of the molecule is O=C(OC[C@@H]1OC12CCC1(CC2)OCCO1)c1cc([N+](=O)[O-])cc([N+](=O)[O-])c1. The Morgan fingerprint density at radius 3 is 2.14 bits per heavy atom. The van der Waals surface area contributed by atoms with Gasteiger partial charge in [-0.05, 0) is 12.8 Å². The van der Waals surface area contributed by atoms with Gasteiger partial charge in [-0.15, -0.1) is 0 Å². The maximum atomic E-state index is 12.2. The van der Waals surface area contributed by atoms with E-state index in [9.17, 15) is 25.0 Å². The molecule has 1 aromatic rings. The smallest absolute Gasteiger partial charge is 0.338 e. The lowest BCUT2D eigenvalue weighted by molar-refractivity contribution is -0.394. The number of carbonyl (C=O) groups excluding carboxylic acids is 1. The number of ether oxygens (including phenoxy) is 4. The monoisotopic (exact) mass is 394 g/mol. The van der Waals surface area contributed by atoms with Crippen molar-refractivity contribution in [2.75, 3.05) is 19.8 Å². The van der Waals surface area contributed by atoms with Crippen LogP contribution in [0.5, 0.6) is 0 Å². The van der Waals surface area contributed by atoms with Gasteiger partial charge in [0.25, 0.3) is 11.4 Å². The topological polar surface area (TPSA) is 144 Å². The maximum absolute atomic E-state index is 12.2. The van der Waals surface area contributed by atoms with Crippen molar-refractivity contribution in [1.82, 2.24) is 0 Å². The average Bonchev–Trinajstić information content (AvgIpc) is 3.16. The third kappa shape index (κ3) is 3.43. The van der Waals surface area contributed by atoms with Gasteiger partial charge in [0.1, 0.15) is 12.7 Å². The van der Waals surface area contributed by atoms with Crippen LogP contribution in [0.1, 0.15) is 36.0 Å². The Hall–Kier alpha value is -2.63. The zero-order valence-electron chi connectivity index (χ0n) is 14.8. The third-order valence-corrected chi connectivity index (χ3v) is 5.50. The van der Waals surface area contributed by atoms with E-state index < -0.39 is 33.0 Å². The predicted octanol–water partition coefficient (Wildman–Crippen LogP) is 2.11. The Kier molecular flexibility index (Phi) is 4.52. The van der Waals surface area contributed by atoms with Crippen LogP contribution >= 0.6 is 0 Å². The summed E-state index contributed by atoms with van der Waals surface area (Å²) in [5, 5.41) is 21.9. The molecule has 2 aliphatic heterocycles. The lowest BCUT2D eigenvalue weighted by atomic mass is 9.83. The van der Waals surface area contributed by atoms with Crippen molar-refractivity contribution in [3.05, 3.63) is 44.0 Å². The summed E-state index contributed by atoms with van der Waals surface area (Å²) in [7, 11) is 0. The van der Waals surface area contributed by atoms with E-state index in [-0.39, 0.29) is 23.9 Å². The molecule has 2 spiro atoms. The average molecular weight is 394 g/mol. The molecule has 3 fully saturated rings. The van der Waals surface area contributed by atoms with Crippen LogP contribution in [0.3, 0.4) is 0 Å². The summed E-state index contributed by atoms with van der Waals surface area (Å²) in [5.74, 6) is -1.38. The molecule has 0 N–H and O–H groups in total. The Bertz CT molecular complexity index is 792. The fourth-order valence-corrected chi connectivity index (χ4v) is 3.87. The van der Waals surface area contributed by atoms with E-state index in [0.717, 1.165) is 31.0 Å². The van der Waals surface area contributed by atoms with Crippen LogP contribution in [0.2, 0.25) is 0 Å². The largest absolute Gasteiger partial charge is 0.459 e. The minimum atomic E-state index is -0.868. The van der Waals surface area contributed by atoms with Crippen LogP contribution < -0.4 is 0 Å². The first-order valence-electron chi connectivity index (χ1n) is 8.89. The molecule has 2 heterocycles. The van der Waals surface area contributed by atoms with Gasteiger partial charge in [-0.1, -0.05) is 0 Å². The van der Waals surface area contributed by atoms with Crippen LogP contribution in [0.25, 0.3) is 0 Å². The van der Waals surface area contributed by atoms with E-state index in [4.69, 9.17) is 18.9 Å². The molecular weight excluding hydrogens is 376 g/mol. The second-order valence-corrected chi connectivity index (χ2v) is 7.13. The number of carbonyl (C=O) groups is 1. The fraction of sp³-hybridized carbons (Fsp3) is 0.588. The first kappa shape index (κ1) is 18.7. The van der Waals surface area contributed by atoms with E-state index in [1.54, 1.807) is 0 Å². The minimum absolute atomic E-state index is 0.0238. The van der Waals surface area contributed by atoms with E-state index in [1.807, 2.05) is 0 Å². The Morgan fingerprint density at radius 2 is 1.61 bits per heavy atom. The molecule has 0 radical (unpaired) electrons. The second-order valence-electron chi connectivity index (χ2n) is 7.13. The van der Waals surface area contributed by atoms with Gasteiger partial charge < -0.3 is 18.9 Å². The first-order valence-corrected chi connectivity index (χ1v) is 8.89. The molecule has 28 heavy (non-hydrogen) atoms. The van der Waals surface area contributed by atoms with Gasteiger partial charge in [-0.3, -0.25) is 20.2 Å². The zero-order valence-corrected chi connectivity index (χ0v) is 14.8. The maximum Gasteiger partial charge on any atom is 0.338 e. The number of nitro benzene ring substituents is 2. The van der Waals surface area contributed by atoms with Crippen molar-refractivity contribution in [2.45, 2.75) is 43.2 Å². The number of non-ortho nitro benzene ring substituents is 2. The Morgan fingerprint density at radius 1 is 1.04 bits per heavy atom. The number of nitrogens with zero attached hydrogens (tertiary/aromatic N) is 2. The molecule has 4 rings (SSSR count). The van der Waals surface area contributed by atoms with Crippen LogP contribution in [0.4, 0.5) is 11.4 Å². The van der Waals surface area contributed by atoms with Crippen molar-refractivity contribution in [3.63, 3.8) is 0 Å². The number of rotatable bonds is 5. The van der Waals surface area contributed by atoms with E-state index in [1.165, 1.54) is 0 Å². The Balaban J connectivity index is 1.35. The van der Waals surface area contributed by atoms with Gasteiger partial charge in [0.05, 0.1) is 40.3 Å². The molecular formula is C17H18N2O9. The molecule has 0 bridgehead atoms. The highest BCUT2D eigenvalue weighted by molar-refractivity contribution is 5.91. The summed E-state index contributed by atoms with van der Waals surface area (Å²) in [6.07, 6.45) is 2.57. The fourth-order valence-electron chi connectivity index (χ4n) is 3.87. The van der Waals surface area contributed by atoms with E-state index >= 15 is 0 Å². The molecule has 0 unspecified atom stereocenters. The third-order valence-electron chi connectivity index (χ3n) is 5.50. The van der Waals surface area contributed by atoms with Crippen LogP contribution in [0, 0.1) is 20.2 Å². The normalized spacial score (nSPS) is 24.2. The first-order chi connectivity index (χ1) is 13.3. The van der Waals surface area contributed by atoms with Crippen molar-refractivity contribution in [1.29, 1.82) is 0 Å². The number of esters is 1. The molecule has 0 aromatic heterocycles. The summed E-state index contributed by atoms with van der Waals surface area (Å²) in [6, 6.07) is 2.71. The van der Waals surface area contributed by atoms with Crippen molar-refractivity contribution >= 4 is 17.3 Å². The van der Waals surface area contributed by atoms with Gasteiger partial charge in [-0.25, -0.2) is 4.79 Å². The number of nitro groups is 2. The lowest BCUT2D eigenvalue weighted by Crippen LogP contribution is -2.39. The summed E-state index contributed by atoms with van der Waals surface area (Å²) in [4.78, 5) is 32.5. The lowest BCUT2D eigenvalue weighted by Gasteiger charge is -2.34. The van der Waals surface area contributed by atoms with Crippen molar-refractivity contribution < 1.29 is 33.6 Å². The summed E-state index contributed by atoms with van der Waals surface area (Å²) < 4.78 is 22.3. The van der Waals surface area contributed by atoms with E-state index in [2.05, 4.69) is 0 Å². The highest BCUT2D eigenvalue weighted by Gasteiger charge is 2.61. The highest BCUT2D eigenvalue weighted by atomic mass is 16.7. The van der Waals surface area contributed by atoms with Crippen molar-refractivity contribution in [2.24, 2.45) is 0 Å². The van der Waals surface area contributed by atoms with Gasteiger partial charge >= 0.3 is 5.97 Å². The summed E-state index contributed by atoms with van der Waals surface area (Å²) in [5.41, 5.74) is -1.70. The van der Waals surface area contributed by atoms with Gasteiger partial charge in [0.2, 0.25) is 0 Å². The quantitative estimate of drug-likeness (QED) is 0.317. The van der Waals surface area contributed by atoms with Gasteiger partial charge in [-0.2, -0.15) is 0 Å². The predicted molar refractivity (Wildman–Crippen MR) is 90.7 cm³/mol. The zero-order chi connectivity index (χ0) is 19.9. The number of hydrogen-bond donors (Lipinski definition) is 0. The van der Waals surface area contributed by atoms with Crippen molar-refractivity contribution in [3.8, 4) is 0 Å². The molecule has 11 nitrogen and oxygen atoms in total. The highest BCUT2D eigenvalue weighted by Crippen LogP contribution is 2.52. The van der Waals surface area contributed by atoms with Gasteiger partial charge in [0.15, 0.2) is 5.79 Å². The molecule has 3 aliphatic rings. The second kappa shape index (κ2) is 6.76. The van der Waals surface area contributed by atoms with Crippen LogP contribution in [-0.2, 0) is 18.9 Å². The number of hydrogen-bond acceptors (Lipinski definition) is 9. The minimum Gasteiger partial charge on any atom is -0.459 e. The Labute approximate surface area is 158 Å². The molecule has 0 amide bonds. The summed E-state index contributed by atoms with van der Waals surface area (Å²) in [6.45, 7) is 1.15. The summed E-state index contributed by atoms with van der Waals surface area (Å²) >= 11 is 0. The number of benzene rings is 1. The molecule has 1 saturated carbocycles. The molecule has 2 saturated heterocycles. The molecule has 1 atom stereocenters. The van der Waals surface area contributed by atoms with Gasteiger partial charge in [0, 0.05) is 25.0 Å². The molecule has 11 heteroatoms. The standard InChI is InChI=1S/C17H18N2O9/c20-15(11-7-12(18(21)22)9-13(8-11)19(23)24)25-10-14-16(28-14)1-3-17(4-2-16)26-5-6-27-17/h7-9,14H,1-6,10H2/t14-/m0/s1. The molecule has 150 valence electrons. The number of epoxide rings is 1.